The highest BCUT2D eigenvalue weighted by molar-refractivity contribution is 7.17. The van der Waals surface area contributed by atoms with E-state index in [1.807, 2.05) is 12.1 Å². The maximum absolute atomic E-state index is 11.3. The summed E-state index contributed by atoms with van der Waals surface area (Å²) in [6, 6.07) is 8.27. The van der Waals surface area contributed by atoms with Gasteiger partial charge in [-0.2, -0.15) is 0 Å². The first-order valence-corrected chi connectivity index (χ1v) is 6.38. The number of ether oxygens (including phenoxy) is 1. The molecule has 2 heterocycles. The number of fused-ring (bicyclic) bond motifs is 1. The highest BCUT2D eigenvalue weighted by atomic mass is 32.1. The summed E-state index contributed by atoms with van der Waals surface area (Å²) in [5.74, 6) is -0.0634. The van der Waals surface area contributed by atoms with Crippen molar-refractivity contribution in [3.63, 3.8) is 0 Å². The molecule has 3 heteroatoms. The zero-order chi connectivity index (χ0) is 11.0. The van der Waals surface area contributed by atoms with Crippen LogP contribution in [0.1, 0.15) is 30.9 Å². The van der Waals surface area contributed by atoms with E-state index < -0.39 is 0 Å². The molecule has 0 N–H and O–H groups in total. The fourth-order valence-electron chi connectivity index (χ4n) is 2.17. The van der Waals surface area contributed by atoms with Gasteiger partial charge in [-0.25, -0.2) is 0 Å². The predicted octanol–water partition coefficient (Wildman–Crippen LogP) is 3.67. The van der Waals surface area contributed by atoms with Crippen LogP contribution in [-0.2, 0) is 9.53 Å². The van der Waals surface area contributed by atoms with Gasteiger partial charge in [0.2, 0.25) is 0 Å². The van der Waals surface area contributed by atoms with E-state index in [0.29, 0.717) is 6.42 Å². The smallest absolute Gasteiger partial charge is 0.306 e. The molecule has 1 fully saturated rings. The Morgan fingerprint density at radius 2 is 2.19 bits per heavy atom. The third-order valence-electron chi connectivity index (χ3n) is 2.98. The lowest BCUT2D eigenvalue weighted by Crippen LogP contribution is -2.16. The Balaban J connectivity index is 2.02. The predicted molar refractivity (Wildman–Crippen MR) is 64.5 cm³/mol. The van der Waals surface area contributed by atoms with Crippen LogP contribution in [-0.4, -0.2) is 5.97 Å². The molecule has 3 rings (SSSR count). The number of hydrogen-bond donors (Lipinski definition) is 0. The maximum Gasteiger partial charge on any atom is 0.306 e. The van der Waals surface area contributed by atoms with E-state index in [-0.39, 0.29) is 12.1 Å². The van der Waals surface area contributed by atoms with Gasteiger partial charge in [-0.05, 0) is 29.7 Å². The Kier molecular flexibility index (Phi) is 2.40. The Labute approximate surface area is 97.8 Å². The Morgan fingerprint density at radius 3 is 3.06 bits per heavy atom. The van der Waals surface area contributed by atoms with Gasteiger partial charge < -0.3 is 4.74 Å². The maximum atomic E-state index is 11.3. The van der Waals surface area contributed by atoms with Crippen molar-refractivity contribution in [2.75, 3.05) is 0 Å². The number of thiophene rings is 1. The van der Waals surface area contributed by atoms with Gasteiger partial charge >= 0.3 is 5.97 Å². The number of rotatable bonds is 1. The van der Waals surface area contributed by atoms with Crippen molar-refractivity contribution in [2.24, 2.45) is 0 Å². The molecule has 1 unspecified atom stereocenters. The van der Waals surface area contributed by atoms with Crippen molar-refractivity contribution in [1.82, 2.24) is 0 Å². The Bertz CT molecular complexity index is 529. The van der Waals surface area contributed by atoms with Crippen LogP contribution in [0.2, 0.25) is 0 Å². The monoisotopic (exact) mass is 232 g/mol. The Hall–Kier alpha value is -1.35. The molecule has 1 aromatic carbocycles. The minimum Gasteiger partial charge on any atom is -0.457 e. The second-order valence-electron chi connectivity index (χ2n) is 4.06. The van der Waals surface area contributed by atoms with E-state index in [2.05, 4.69) is 17.5 Å². The zero-order valence-corrected chi connectivity index (χ0v) is 9.63. The van der Waals surface area contributed by atoms with Crippen molar-refractivity contribution in [3.05, 3.63) is 35.2 Å². The molecule has 16 heavy (non-hydrogen) atoms. The zero-order valence-electron chi connectivity index (χ0n) is 8.81. The number of benzene rings is 1. The van der Waals surface area contributed by atoms with Gasteiger partial charge in [-0.3, -0.25) is 4.79 Å². The van der Waals surface area contributed by atoms with Crippen molar-refractivity contribution in [1.29, 1.82) is 0 Å². The molecule has 0 aliphatic carbocycles. The standard InChI is InChI=1S/C13H12O2S/c14-13-7-3-5-11(15-13)10-8-16-12-6-2-1-4-9(10)12/h1-2,4,6,8,11H,3,5,7H2. The highest BCUT2D eigenvalue weighted by Gasteiger charge is 2.24. The molecule has 1 atom stereocenters. The number of carbonyl (C=O) groups excluding carboxylic acids is 1. The van der Waals surface area contributed by atoms with E-state index in [1.165, 1.54) is 15.6 Å². The molecule has 1 aliphatic heterocycles. The van der Waals surface area contributed by atoms with Gasteiger partial charge in [-0.15, -0.1) is 11.3 Å². The molecule has 0 radical (unpaired) electrons. The minimum absolute atomic E-state index is 0.0302. The van der Waals surface area contributed by atoms with E-state index in [4.69, 9.17) is 4.74 Å². The van der Waals surface area contributed by atoms with E-state index >= 15 is 0 Å². The summed E-state index contributed by atoms with van der Waals surface area (Å²) in [6.45, 7) is 0. The fourth-order valence-corrected chi connectivity index (χ4v) is 3.18. The molecule has 82 valence electrons. The van der Waals surface area contributed by atoms with Gasteiger partial charge in [0.1, 0.15) is 6.10 Å². The van der Waals surface area contributed by atoms with Crippen molar-refractivity contribution in [3.8, 4) is 0 Å². The van der Waals surface area contributed by atoms with Crippen LogP contribution in [0, 0.1) is 0 Å². The molecule has 2 nitrogen and oxygen atoms in total. The lowest BCUT2D eigenvalue weighted by Gasteiger charge is -2.21. The average Bonchev–Trinajstić information content (AvgIpc) is 2.72. The van der Waals surface area contributed by atoms with Gasteiger partial charge in [0.05, 0.1) is 0 Å². The summed E-state index contributed by atoms with van der Waals surface area (Å²) in [5.41, 5.74) is 1.17. The van der Waals surface area contributed by atoms with Gasteiger partial charge in [0.15, 0.2) is 0 Å². The van der Waals surface area contributed by atoms with E-state index in [1.54, 1.807) is 11.3 Å². The molecule has 1 aliphatic rings. The van der Waals surface area contributed by atoms with Crippen LogP contribution in [0.5, 0.6) is 0 Å². The minimum atomic E-state index is -0.0634. The van der Waals surface area contributed by atoms with Crippen LogP contribution in [0.25, 0.3) is 10.1 Å². The summed E-state index contributed by atoms with van der Waals surface area (Å²) in [6.07, 6.45) is 2.43. The topological polar surface area (TPSA) is 26.3 Å². The van der Waals surface area contributed by atoms with E-state index in [0.717, 1.165) is 12.8 Å². The second kappa shape index (κ2) is 3.91. The van der Waals surface area contributed by atoms with Crippen molar-refractivity contribution >= 4 is 27.4 Å². The summed E-state index contributed by atoms with van der Waals surface area (Å²) in [4.78, 5) is 11.3. The summed E-state index contributed by atoms with van der Waals surface area (Å²) < 4.78 is 6.67. The average molecular weight is 232 g/mol. The Morgan fingerprint density at radius 1 is 1.31 bits per heavy atom. The molecule has 1 saturated heterocycles. The number of cyclic esters (lactones) is 1. The van der Waals surface area contributed by atoms with Crippen LogP contribution in [0.4, 0.5) is 0 Å². The first-order valence-electron chi connectivity index (χ1n) is 5.50. The second-order valence-corrected chi connectivity index (χ2v) is 4.97. The molecular formula is C13H12O2S. The SMILES string of the molecule is O=C1CCCC(c2csc3ccccc23)O1. The molecule has 0 bridgehead atoms. The molecule has 0 amide bonds. The van der Waals surface area contributed by atoms with Crippen molar-refractivity contribution < 1.29 is 9.53 Å². The van der Waals surface area contributed by atoms with Crippen LogP contribution < -0.4 is 0 Å². The van der Waals surface area contributed by atoms with Gasteiger partial charge in [0, 0.05) is 16.7 Å². The van der Waals surface area contributed by atoms with Crippen LogP contribution in [0.15, 0.2) is 29.6 Å². The number of esters is 1. The third kappa shape index (κ3) is 1.61. The van der Waals surface area contributed by atoms with E-state index in [9.17, 15) is 4.79 Å². The highest BCUT2D eigenvalue weighted by Crippen LogP contribution is 2.36. The summed E-state index contributed by atoms with van der Waals surface area (Å²) >= 11 is 1.72. The third-order valence-corrected chi connectivity index (χ3v) is 3.96. The molecule has 0 saturated carbocycles. The lowest BCUT2D eigenvalue weighted by atomic mass is 10.0. The van der Waals surface area contributed by atoms with Gasteiger partial charge in [0.25, 0.3) is 0 Å². The van der Waals surface area contributed by atoms with Crippen LogP contribution >= 0.6 is 11.3 Å². The summed E-state index contributed by atoms with van der Waals surface area (Å²) in [5, 5.41) is 3.35. The first-order chi connectivity index (χ1) is 7.84. The lowest BCUT2D eigenvalue weighted by molar-refractivity contribution is -0.154. The van der Waals surface area contributed by atoms with Gasteiger partial charge in [-0.1, -0.05) is 18.2 Å². The van der Waals surface area contributed by atoms with Crippen molar-refractivity contribution in [2.45, 2.75) is 25.4 Å². The molecule has 1 aromatic heterocycles. The quantitative estimate of drug-likeness (QED) is 0.701. The number of hydrogen-bond acceptors (Lipinski definition) is 3. The molecular weight excluding hydrogens is 220 g/mol. The molecule has 0 spiro atoms. The van der Waals surface area contributed by atoms with Crippen LogP contribution in [0.3, 0.4) is 0 Å². The number of carbonyl (C=O) groups is 1. The fraction of sp³-hybridized carbons (Fsp3) is 0.308. The molecule has 2 aromatic rings. The first kappa shape index (κ1) is 9.85. The summed E-state index contributed by atoms with van der Waals surface area (Å²) in [7, 11) is 0. The normalized spacial score (nSPS) is 21.0. The largest absolute Gasteiger partial charge is 0.457 e.